The predicted molar refractivity (Wildman–Crippen MR) is 72.0 cm³/mol. The maximum Gasteiger partial charge on any atom is 0.329 e. The minimum atomic E-state index is -4.09. The highest BCUT2D eigenvalue weighted by Gasteiger charge is 2.21. The summed E-state index contributed by atoms with van der Waals surface area (Å²) in [5, 5.41) is 0. The van der Waals surface area contributed by atoms with Crippen molar-refractivity contribution in [1.82, 2.24) is 4.90 Å². The summed E-state index contributed by atoms with van der Waals surface area (Å²) >= 11 is 0. The largest absolute Gasteiger partial charge is 0.465 e. The molecular weight excluding hydrogens is 281 g/mol. The average molecular weight is 302 g/mol. The van der Waals surface area contributed by atoms with E-state index in [9.17, 15) is 9.36 Å². The Morgan fingerprint density at radius 1 is 1.44 bits per heavy atom. The molecule has 0 heterocycles. The highest BCUT2D eigenvalue weighted by Crippen LogP contribution is 2.36. The van der Waals surface area contributed by atoms with Crippen LogP contribution in [0.3, 0.4) is 0 Å². The number of carbonyl (C=O) groups is 1. The number of esters is 1. The van der Waals surface area contributed by atoms with E-state index in [0.29, 0.717) is 5.57 Å². The zero-order valence-electron chi connectivity index (χ0n) is 11.0. The van der Waals surface area contributed by atoms with Gasteiger partial charge in [0.2, 0.25) is 0 Å². The van der Waals surface area contributed by atoms with E-state index in [4.69, 9.17) is 14.5 Å². The summed E-state index contributed by atoms with van der Waals surface area (Å²) in [4.78, 5) is 30.9. The number of rotatable bonds is 6. The van der Waals surface area contributed by atoms with Gasteiger partial charge < -0.3 is 14.5 Å². The maximum atomic E-state index is 11.6. The molecule has 0 aromatic heterocycles. The molecular formula is C10H21ClNO5P. The van der Waals surface area contributed by atoms with E-state index >= 15 is 0 Å². The number of halogens is 1. The molecule has 6 nitrogen and oxygen atoms in total. The number of nitrogens with zero attached hydrogens (tertiary/aromatic N) is 1. The Morgan fingerprint density at radius 2 is 1.94 bits per heavy atom. The summed E-state index contributed by atoms with van der Waals surface area (Å²) in [5.41, 5.74) is 0.463. The molecule has 0 bridgehead atoms. The fraction of sp³-hybridized carbons (Fsp3) is 0.700. The molecule has 0 aromatic carbocycles. The fourth-order valence-electron chi connectivity index (χ4n) is 1.30. The topological polar surface area (TPSA) is 87.1 Å². The average Bonchev–Trinajstić information content (AvgIpc) is 2.11. The third-order valence-electron chi connectivity index (χ3n) is 1.98. The quantitative estimate of drug-likeness (QED) is 0.433. The predicted octanol–water partition coefficient (Wildman–Crippen LogP) is 1.03. The van der Waals surface area contributed by atoms with E-state index in [1.165, 1.54) is 6.08 Å². The van der Waals surface area contributed by atoms with Gasteiger partial charge in [0.1, 0.15) is 6.04 Å². The van der Waals surface area contributed by atoms with Gasteiger partial charge in [0.25, 0.3) is 0 Å². The summed E-state index contributed by atoms with van der Waals surface area (Å²) < 4.78 is 15.7. The van der Waals surface area contributed by atoms with Gasteiger partial charge >= 0.3 is 13.6 Å². The first-order valence-electron chi connectivity index (χ1n) is 5.22. The fourth-order valence-corrected chi connectivity index (χ4v) is 2.06. The van der Waals surface area contributed by atoms with Crippen LogP contribution in [-0.4, -0.2) is 53.6 Å². The van der Waals surface area contributed by atoms with Gasteiger partial charge in [-0.3, -0.25) is 14.3 Å². The third kappa shape index (κ3) is 8.66. The van der Waals surface area contributed by atoms with Crippen LogP contribution in [0, 0.1) is 0 Å². The smallest absolute Gasteiger partial charge is 0.329 e. The summed E-state index contributed by atoms with van der Waals surface area (Å²) in [6.45, 7) is 3.56. The van der Waals surface area contributed by atoms with Gasteiger partial charge in [-0.2, -0.15) is 0 Å². The van der Waals surface area contributed by atoms with Crippen molar-refractivity contribution in [3.8, 4) is 0 Å². The van der Waals surface area contributed by atoms with Gasteiger partial charge in [0.05, 0.1) is 12.8 Å². The van der Waals surface area contributed by atoms with E-state index in [0.717, 1.165) is 0 Å². The summed E-state index contributed by atoms with van der Waals surface area (Å²) in [6.07, 6.45) is 1.16. The Hall–Kier alpha value is -0.390. The van der Waals surface area contributed by atoms with Crippen LogP contribution in [0.4, 0.5) is 0 Å². The monoisotopic (exact) mass is 301 g/mol. The van der Waals surface area contributed by atoms with Gasteiger partial charge in [-0.05, 0) is 27.9 Å². The molecule has 8 heteroatoms. The number of hydrogen-bond donors (Lipinski definition) is 2. The lowest BCUT2D eigenvalue weighted by molar-refractivity contribution is -0.146. The summed E-state index contributed by atoms with van der Waals surface area (Å²) in [7, 11) is -0.698. The number of hydrogen-bond acceptors (Lipinski definition) is 4. The van der Waals surface area contributed by atoms with Crippen molar-refractivity contribution in [2.45, 2.75) is 19.9 Å². The lowest BCUT2D eigenvalue weighted by Gasteiger charge is -2.20. The first-order chi connectivity index (χ1) is 7.67. The van der Waals surface area contributed by atoms with E-state index in [1.54, 1.807) is 32.8 Å². The molecule has 0 saturated carbocycles. The van der Waals surface area contributed by atoms with Crippen molar-refractivity contribution in [3.05, 3.63) is 11.6 Å². The van der Waals surface area contributed by atoms with Crippen molar-refractivity contribution in [1.29, 1.82) is 0 Å². The second kappa shape index (κ2) is 8.67. The first-order valence-corrected chi connectivity index (χ1v) is 7.02. The zero-order chi connectivity index (χ0) is 13.6. The Balaban J connectivity index is 0. The molecule has 2 N–H and O–H groups in total. The van der Waals surface area contributed by atoms with Crippen LogP contribution in [0.25, 0.3) is 0 Å². The van der Waals surface area contributed by atoms with Gasteiger partial charge in [-0.15, -0.1) is 12.4 Å². The van der Waals surface area contributed by atoms with Crippen LogP contribution in [-0.2, 0) is 14.1 Å². The molecule has 1 atom stereocenters. The zero-order valence-corrected chi connectivity index (χ0v) is 12.7. The molecule has 1 unspecified atom stereocenters. The van der Waals surface area contributed by atoms with Gasteiger partial charge in [0.15, 0.2) is 0 Å². The maximum absolute atomic E-state index is 11.6. The SMILES string of the molecule is CCOC(=O)C(/C=C(\C)CP(=O)(O)O)N(C)C.Cl. The Bertz CT molecular complexity index is 339. The van der Waals surface area contributed by atoms with Crippen LogP contribution in [0.1, 0.15) is 13.8 Å². The highest BCUT2D eigenvalue weighted by molar-refractivity contribution is 7.52. The normalized spacial score (nSPS) is 14.1. The first kappa shape index (κ1) is 19.9. The van der Waals surface area contributed by atoms with Crippen LogP contribution in [0.15, 0.2) is 11.6 Å². The second-order valence-electron chi connectivity index (χ2n) is 4.00. The molecule has 0 saturated heterocycles. The lowest BCUT2D eigenvalue weighted by Crippen LogP contribution is -2.35. The lowest BCUT2D eigenvalue weighted by atomic mass is 10.2. The molecule has 0 aliphatic rings. The van der Waals surface area contributed by atoms with E-state index in [1.807, 2.05) is 0 Å². The standard InChI is InChI=1S/C10H20NO5P.ClH/c1-5-16-10(12)9(11(3)4)6-8(2)7-17(13,14)15;/h6,9H,5,7H2,1-4H3,(H2,13,14,15);1H/b8-6+;. The van der Waals surface area contributed by atoms with Crippen molar-refractivity contribution in [3.63, 3.8) is 0 Å². The molecule has 0 radical (unpaired) electrons. The molecule has 18 heavy (non-hydrogen) atoms. The Morgan fingerprint density at radius 3 is 2.28 bits per heavy atom. The third-order valence-corrected chi connectivity index (χ3v) is 2.89. The minimum Gasteiger partial charge on any atom is -0.465 e. The molecule has 0 spiro atoms. The molecule has 0 aliphatic carbocycles. The van der Waals surface area contributed by atoms with Crippen molar-refractivity contribution >= 4 is 26.0 Å². The van der Waals surface area contributed by atoms with Crippen LogP contribution in [0.2, 0.25) is 0 Å². The van der Waals surface area contributed by atoms with E-state index < -0.39 is 19.6 Å². The van der Waals surface area contributed by atoms with Crippen molar-refractivity contribution < 1.29 is 23.9 Å². The number of ether oxygens (including phenoxy) is 1. The highest BCUT2D eigenvalue weighted by atomic mass is 35.5. The second-order valence-corrected chi connectivity index (χ2v) is 5.64. The summed E-state index contributed by atoms with van der Waals surface area (Å²) in [6, 6.07) is -0.624. The van der Waals surface area contributed by atoms with Crippen molar-refractivity contribution in [2.24, 2.45) is 0 Å². The number of likely N-dealkylation sites (N-methyl/N-ethyl adjacent to an activating group) is 1. The van der Waals surface area contributed by atoms with Gasteiger partial charge in [-0.25, -0.2) is 0 Å². The van der Waals surface area contributed by atoms with Crippen LogP contribution < -0.4 is 0 Å². The number of allylic oxidation sites excluding steroid dienone is 1. The van der Waals surface area contributed by atoms with Crippen LogP contribution >= 0.6 is 20.0 Å². The van der Waals surface area contributed by atoms with Gasteiger partial charge in [0, 0.05) is 0 Å². The molecule has 0 rings (SSSR count). The molecule has 0 aromatic rings. The van der Waals surface area contributed by atoms with E-state index in [2.05, 4.69) is 0 Å². The van der Waals surface area contributed by atoms with Crippen LogP contribution in [0.5, 0.6) is 0 Å². The molecule has 0 amide bonds. The minimum absolute atomic E-state index is 0. The Labute approximate surface area is 114 Å². The number of carbonyl (C=O) groups excluding carboxylic acids is 1. The van der Waals surface area contributed by atoms with Crippen molar-refractivity contribution in [2.75, 3.05) is 26.9 Å². The van der Waals surface area contributed by atoms with E-state index in [-0.39, 0.29) is 25.2 Å². The molecule has 108 valence electrons. The van der Waals surface area contributed by atoms with Gasteiger partial charge in [-0.1, -0.05) is 11.6 Å². The molecule has 0 aliphatic heterocycles. The summed E-state index contributed by atoms with van der Waals surface area (Å²) in [5.74, 6) is -0.428. The molecule has 0 fully saturated rings. The Kier molecular flexibility index (Phi) is 9.60.